The molecule has 1 aromatic rings. The number of benzene rings is 1. The highest BCUT2D eigenvalue weighted by Gasteiger charge is 2.39. The van der Waals surface area contributed by atoms with Crippen molar-refractivity contribution in [3.63, 3.8) is 0 Å². The molecule has 1 amide bonds. The first-order valence-corrected chi connectivity index (χ1v) is 8.87. The van der Waals surface area contributed by atoms with Gasteiger partial charge in [-0.2, -0.15) is 0 Å². The SMILES string of the molecule is Cc1cc(C)c(N2CC(S(=O)(=O)Cl)CC2=O)c(Br)c1. The van der Waals surface area contributed by atoms with Gasteiger partial charge in [0.15, 0.2) is 0 Å². The molecule has 0 aromatic heterocycles. The summed E-state index contributed by atoms with van der Waals surface area (Å²) in [6, 6.07) is 3.86. The van der Waals surface area contributed by atoms with E-state index in [9.17, 15) is 13.2 Å². The lowest BCUT2D eigenvalue weighted by Gasteiger charge is -2.21. The lowest BCUT2D eigenvalue weighted by atomic mass is 10.1. The van der Waals surface area contributed by atoms with Gasteiger partial charge in [-0.25, -0.2) is 8.42 Å². The molecule has 1 aliphatic heterocycles. The number of hydrogen-bond acceptors (Lipinski definition) is 3. The van der Waals surface area contributed by atoms with Gasteiger partial charge in [0, 0.05) is 28.1 Å². The molecule has 1 fully saturated rings. The summed E-state index contributed by atoms with van der Waals surface area (Å²) >= 11 is 3.43. The number of carbonyl (C=O) groups is 1. The highest BCUT2D eigenvalue weighted by atomic mass is 79.9. The van der Waals surface area contributed by atoms with Crippen molar-refractivity contribution in [3.05, 3.63) is 27.7 Å². The molecule has 1 unspecified atom stereocenters. The number of amides is 1. The van der Waals surface area contributed by atoms with Crippen LogP contribution < -0.4 is 4.90 Å². The molecule has 0 aliphatic carbocycles. The average Bonchev–Trinajstić information content (AvgIpc) is 2.59. The smallest absolute Gasteiger partial charge is 0.237 e. The molecule has 1 saturated heterocycles. The van der Waals surface area contributed by atoms with Gasteiger partial charge in [-0.05, 0) is 47.0 Å². The Morgan fingerprint density at radius 1 is 1.37 bits per heavy atom. The van der Waals surface area contributed by atoms with Crippen molar-refractivity contribution in [3.8, 4) is 0 Å². The van der Waals surface area contributed by atoms with Crippen molar-refractivity contribution in [2.75, 3.05) is 11.4 Å². The minimum atomic E-state index is -3.72. The van der Waals surface area contributed by atoms with Gasteiger partial charge >= 0.3 is 0 Å². The zero-order valence-electron chi connectivity index (χ0n) is 10.5. The van der Waals surface area contributed by atoms with Crippen molar-refractivity contribution >= 4 is 47.3 Å². The number of halogens is 2. The Balaban J connectivity index is 2.42. The number of carbonyl (C=O) groups excluding carboxylic acids is 1. The summed E-state index contributed by atoms with van der Waals surface area (Å²) < 4.78 is 23.5. The van der Waals surface area contributed by atoms with Gasteiger partial charge in [0.2, 0.25) is 15.0 Å². The number of aryl methyl sites for hydroxylation is 2. The Kier molecular flexibility index (Phi) is 3.95. The molecular formula is C12H13BrClNO3S. The predicted octanol–water partition coefficient (Wildman–Crippen LogP) is 2.74. The molecule has 104 valence electrons. The van der Waals surface area contributed by atoms with E-state index in [-0.39, 0.29) is 18.9 Å². The zero-order chi connectivity index (χ0) is 14.4. The van der Waals surface area contributed by atoms with Crippen LogP contribution in [0, 0.1) is 13.8 Å². The molecule has 1 aromatic carbocycles. The first kappa shape index (κ1) is 14.8. The third kappa shape index (κ3) is 2.95. The number of anilines is 1. The fraction of sp³-hybridized carbons (Fsp3) is 0.417. The van der Waals surface area contributed by atoms with E-state index in [4.69, 9.17) is 10.7 Å². The van der Waals surface area contributed by atoms with E-state index >= 15 is 0 Å². The summed E-state index contributed by atoms with van der Waals surface area (Å²) in [5, 5.41) is -0.839. The molecular weight excluding hydrogens is 354 g/mol. The van der Waals surface area contributed by atoms with Crippen molar-refractivity contribution in [2.24, 2.45) is 0 Å². The van der Waals surface area contributed by atoms with E-state index in [0.717, 1.165) is 21.3 Å². The molecule has 1 aliphatic rings. The first-order chi connectivity index (χ1) is 8.70. The number of hydrogen-bond donors (Lipinski definition) is 0. The van der Waals surface area contributed by atoms with Crippen LogP contribution in [0.1, 0.15) is 17.5 Å². The second-order valence-electron chi connectivity index (χ2n) is 4.72. The van der Waals surface area contributed by atoms with Crippen LogP contribution in [-0.4, -0.2) is 26.1 Å². The van der Waals surface area contributed by atoms with Crippen LogP contribution in [-0.2, 0) is 13.8 Å². The third-order valence-electron chi connectivity index (χ3n) is 3.16. The minimum Gasteiger partial charge on any atom is -0.310 e. The van der Waals surface area contributed by atoms with E-state index in [1.807, 2.05) is 26.0 Å². The van der Waals surface area contributed by atoms with Gasteiger partial charge in [0.25, 0.3) is 0 Å². The molecule has 0 N–H and O–H groups in total. The molecule has 0 saturated carbocycles. The van der Waals surface area contributed by atoms with E-state index in [0.29, 0.717) is 0 Å². The summed E-state index contributed by atoms with van der Waals surface area (Å²) in [6.45, 7) is 3.95. The van der Waals surface area contributed by atoms with Crippen molar-refractivity contribution < 1.29 is 13.2 Å². The maximum absolute atomic E-state index is 12.0. The number of rotatable bonds is 2. The lowest BCUT2D eigenvalue weighted by molar-refractivity contribution is -0.117. The van der Waals surface area contributed by atoms with E-state index in [1.54, 1.807) is 0 Å². The second kappa shape index (κ2) is 5.07. The minimum absolute atomic E-state index is 0.0639. The summed E-state index contributed by atoms with van der Waals surface area (Å²) in [7, 11) is 1.63. The second-order valence-corrected chi connectivity index (χ2v) is 8.48. The van der Waals surface area contributed by atoms with Gasteiger partial charge in [0.05, 0.1) is 5.69 Å². The first-order valence-electron chi connectivity index (χ1n) is 5.70. The van der Waals surface area contributed by atoms with Crippen LogP contribution in [0.4, 0.5) is 5.69 Å². The summed E-state index contributed by atoms with van der Waals surface area (Å²) in [4.78, 5) is 13.5. The van der Waals surface area contributed by atoms with Crippen LogP contribution in [0.25, 0.3) is 0 Å². The van der Waals surface area contributed by atoms with Gasteiger partial charge in [-0.15, -0.1) is 0 Å². The van der Waals surface area contributed by atoms with E-state index < -0.39 is 14.3 Å². The van der Waals surface area contributed by atoms with Gasteiger partial charge in [-0.3, -0.25) is 4.79 Å². The fourth-order valence-corrected chi connectivity index (χ4v) is 4.24. The van der Waals surface area contributed by atoms with Crippen LogP contribution in [0.15, 0.2) is 16.6 Å². The number of nitrogens with zero attached hydrogens (tertiary/aromatic N) is 1. The van der Waals surface area contributed by atoms with Gasteiger partial charge in [0.1, 0.15) is 5.25 Å². The third-order valence-corrected chi connectivity index (χ3v) is 5.63. The van der Waals surface area contributed by atoms with Gasteiger partial charge < -0.3 is 4.90 Å². The van der Waals surface area contributed by atoms with Crippen molar-refractivity contribution in [2.45, 2.75) is 25.5 Å². The molecule has 2 rings (SSSR count). The maximum Gasteiger partial charge on any atom is 0.237 e. The van der Waals surface area contributed by atoms with Crippen LogP contribution in [0.3, 0.4) is 0 Å². The monoisotopic (exact) mass is 365 g/mol. The zero-order valence-corrected chi connectivity index (χ0v) is 13.6. The Hall–Kier alpha value is -0.590. The standard InChI is InChI=1S/C12H13BrClNO3S/c1-7-3-8(2)12(10(13)4-7)15-6-9(5-11(15)16)19(14,17)18/h3-4,9H,5-6H2,1-2H3. The Morgan fingerprint density at radius 3 is 2.47 bits per heavy atom. The average molecular weight is 367 g/mol. The molecule has 0 spiro atoms. The molecule has 1 heterocycles. The highest BCUT2D eigenvalue weighted by molar-refractivity contribution is 9.10. The molecule has 4 nitrogen and oxygen atoms in total. The van der Waals surface area contributed by atoms with E-state index in [2.05, 4.69) is 15.9 Å². The van der Waals surface area contributed by atoms with Crippen LogP contribution >= 0.6 is 26.6 Å². The Morgan fingerprint density at radius 2 is 2.00 bits per heavy atom. The molecule has 19 heavy (non-hydrogen) atoms. The molecule has 1 atom stereocenters. The quantitative estimate of drug-likeness (QED) is 0.756. The van der Waals surface area contributed by atoms with Crippen molar-refractivity contribution in [1.82, 2.24) is 0 Å². The Bertz CT molecular complexity index is 621. The molecule has 0 bridgehead atoms. The molecule has 0 radical (unpaired) electrons. The summed E-state index contributed by atoms with van der Waals surface area (Å²) in [6.07, 6.45) is -0.0639. The van der Waals surface area contributed by atoms with E-state index in [1.165, 1.54) is 4.90 Å². The normalized spacial score (nSPS) is 20.1. The topological polar surface area (TPSA) is 54.5 Å². The Labute approximate surface area is 125 Å². The summed E-state index contributed by atoms with van der Waals surface area (Å²) in [5.74, 6) is -0.220. The van der Waals surface area contributed by atoms with Gasteiger partial charge in [-0.1, -0.05) is 6.07 Å². The maximum atomic E-state index is 12.0. The van der Waals surface area contributed by atoms with Crippen LogP contribution in [0.5, 0.6) is 0 Å². The predicted molar refractivity (Wildman–Crippen MR) is 79.1 cm³/mol. The fourth-order valence-electron chi connectivity index (χ4n) is 2.33. The molecule has 7 heteroatoms. The largest absolute Gasteiger partial charge is 0.310 e. The summed E-state index contributed by atoms with van der Waals surface area (Å²) in [5.41, 5.74) is 2.72. The lowest BCUT2D eigenvalue weighted by Crippen LogP contribution is -2.27. The van der Waals surface area contributed by atoms with Crippen LogP contribution in [0.2, 0.25) is 0 Å². The highest BCUT2D eigenvalue weighted by Crippen LogP contribution is 2.35. The van der Waals surface area contributed by atoms with Crippen molar-refractivity contribution in [1.29, 1.82) is 0 Å².